The highest BCUT2D eigenvalue weighted by molar-refractivity contribution is 5.82. The second kappa shape index (κ2) is 8.40. The SMILES string of the molecule is O=C(COc1ccc(-c2ccccc2)cc1)NN=Cc1ccncc1. The van der Waals surface area contributed by atoms with Gasteiger partial charge in [-0.25, -0.2) is 5.43 Å². The summed E-state index contributed by atoms with van der Waals surface area (Å²) in [6, 6.07) is 21.3. The van der Waals surface area contributed by atoms with E-state index in [1.54, 1.807) is 30.7 Å². The summed E-state index contributed by atoms with van der Waals surface area (Å²) >= 11 is 0. The first-order valence-corrected chi connectivity index (χ1v) is 7.81. The average Bonchev–Trinajstić information content (AvgIpc) is 2.68. The fraction of sp³-hybridized carbons (Fsp3) is 0.0500. The molecule has 3 rings (SSSR count). The summed E-state index contributed by atoms with van der Waals surface area (Å²) in [5.41, 5.74) is 5.51. The number of carbonyl (C=O) groups is 1. The fourth-order valence-electron chi connectivity index (χ4n) is 2.18. The molecule has 0 aliphatic heterocycles. The molecule has 0 spiro atoms. The largest absolute Gasteiger partial charge is 0.484 e. The Kier molecular flexibility index (Phi) is 5.51. The van der Waals surface area contributed by atoms with Crippen molar-refractivity contribution in [2.45, 2.75) is 0 Å². The zero-order chi connectivity index (χ0) is 17.3. The Bertz CT molecular complexity index is 832. The molecule has 1 N–H and O–H groups in total. The molecular weight excluding hydrogens is 314 g/mol. The van der Waals surface area contributed by atoms with Crippen LogP contribution in [0.1, 0.15) is 5.56 Å². The maximum Gasteiger partial charge on any atom is 0.277 e. The van der Waals surface area contributed by atoms with Crippen LogP contribution in [0.5, 0.6) is 5.75 Å². The van der Waals surface area contributed by atoms with E-state index < -0.39 is 0 Å². The minimum Gasteiger partial charge on any atom is -0.484 e. The van der Waals surface area contributed by atoms with E-state index in [0.29, 0.717) is 5.75 Å². The molecule has 5 heteroatoms. The van der Waals surface area contributed by atoms with Crippen molar-refractivity contribution in [2.24, 2.45) is 5.10 Å². The highest BCUT2D eigenvalue weighted by atomic mass is 16.5. The van der Waals surface area contributed by atoms with Crippen molar-refractivity contribution in [2.75, 3.05) is 6.61 Å². The van der Waals surface area contributed by atoms with E-state index in [0.717, 1.165) is 16.7 Å². The second-order valence-electron chi connectivity index (χ2n) is 5.25. The van der Waals surface area contributed by atoms with E-state index in [9.17, 15) is 4.79 Å². The number of nitrogens with one attached hydrogen (secondary N) is 1. The Hall–Kier alpha value is -3.47. The lowest BCUT2D eigenvalue weighted by atomic mass is 10.1. The number of hydrazone groups is 1. The normalized spacial score (nSPS) is 10.6. The third-order valence-corrected chi connectivity index (χ3v) is 3.44. The molecule has 0 aliphatic rings. The van der Waals surface area contributed by atoms with Crippen LogP contribution in [-0.4, -0.2) is 23.7 Å². The lowest BCUT2D eigenvalue weighted by Gasteiger charge is -2.06. The van der Waals surface area contributed by atoms with Crippen molar-refractivity contribution in [3.05, 3.63) is 84.7 Å². The van der Waals surface area contributed by atoms with Gasteiger partial charge in [-0.3, -0.25) is 9.78 Å². The lowest BCUT2D eigenvalue weighted by molar-refractivity contribution is -0.123. The maximum atomic E-state index is 11.7. The Morgan fingerprint density at radius 1 is 0.960 bits per heavy atom. The molecule has 1 aromatic heterocycles. The summed E-state index contributed by atoms with van der Waals surface area (Å²) in [7, 11) is 0. The van der Waals surface area contributed by atoms with Crippen LogP contribution in [0, 0.1) is 0 Å². The summed E-state index contributed by atoms with van der Waals surface area (Å²) in [6.45, 7) is -0.0988. The Morgan fingerprint density at radius 3 is 2.36 bits per heavy atom. The standard InChI is InChI=1S/C20H17N3O2/c24-20(23-22-14-16-10-12-21-13-11-16)15-25-19-8-6-18(7-9-19)17-4-2-1-3-5-17/h1-14H,15H2,(H,23,24). The minimum atomic E-state index is -0.322. The molecule has 0 saturated carbocycles. The van der Waals surface area contributed by atoms with Crippen LogP contribution in [0.25, 0.3) is 11.1 Å². The molecule has 0 radical (unpaired) electrons. The molecule has 1 amide bonds. The van der Waals surface area contributed by atoms with Gasteiger partial charge in [0, 0.05) is 12.4 Å². The van der Waals surface area contributed by atoms with Gasteiger partial charge in [-0.2, -0.15) is 5.10 Å². The topological polar surface area (TPSA) is 63.6 Å². The molecular formula is C20H17N3O2. The number of amides is 1. The highest BCUT2D eigenvalue weighted by Gasteiger charge is 2.02. The van der Waals surface area contributed by atoms with Gasteiger partial charge in [0.25, 0.3) is 5.91 Å². The van der Waals surface area contributed by atoms with E-state index in [4.69, 9.17) is 4.74 Å². The molecule has 3 aromatic rings. The Morgan fingerprint density at radius 2 is 1.64 bits per heavy atom. The number of carbonyl (C=O) groups excluding carboxylic acids is 1. The van der Waals surface area contributed by atoms with Crippen molar-refractivity contribution in [3.63, 3.8) is 0 Å². The molecule has 25 heavy (non-hydrogen) atoms. The monoisotopic (exact) mass is 331 g/mol. The lowest BCUT2D eigenvalue weighted by Crippen LogP contribution is -2.24. The summed E-state index contributed by atoms with van der Waals surface area (Å²) in [5, 5.41) is 3.88. The number of hydrogen-bond donors (Lipinski definition) is 1. The first kappa shape index (κ1) is 16.4. The summed E-state index contributed by atoms with van der Waals surface area (Å²) in [5.74, 6) is 0.311. The summed E-state index contributed by atoms with van der Waals surface area (Å²) in [4.78, 5) is 15.6. The number of rotatable bonds is 6. The van der Waals surface area contributed by atoms with Crippen LogP contribution in [0.3, 0.4) is 0 Å². The third-order valence-electron chi connectivity index (χ3n) is 3.44. The summed E-state index contributed by atoms with van der Waals surface area (Å²) in [6.07, 6.45) is 4.87. The predicted octanol–water partition coefficient (Wildman–Crippen LogP) is 3.28. The number of hydrogen-bond acceptors (Lipinski definition) is 4. The number of benzene rings is 2. The van der Waals surface area contributed by atoms with Crippen LogP contribution in [0.15, 0.2) is 84.2 Å². The van der Waals surface area contributed by atoms with Gasteiger partial charge in [-0.15, -0.1) is 0 Å². The Balaban J connectivity index is 1.48. The number of aromatic nitrogens is 1. The first-order chi connectivity index (χ1) is 12.3. The highest BCUT2D eigenvalue weighted by Crippen LogP contribution is 2.21. The molecule has 0 bridgehead atoms. The number of ether oxygens (including phenoxy) is 1. The zero-order valence-electron chi connectivity index (χ0n) is 13.5. The van der Waals surface area contributed by atoms with Gasteiger partial charge < -0.3 is 4.74 Å². The molecule has 0 atom stereocenters. The molecule has 0 unspecified atom stereocenters. The second-order valence-corrected chi connectivity index (χ2v) is 5.25. The van der Waals surface area contributed by atoms with Crippen molar-refractivity contribution in [1.82, 2.24) is 10.4 Å². The first-order valence-electron chi connectivity index (χ1n) is 7.81. The molecule has 0 aliphatic carbocycles. The van der Waals surface area contributed by atoms with Crippen LogP contribution < -0.4 is 10.2 Å². The van der Waals surface area contributed by atoms with Gasteiger partial charge in [-0.05, 0) is 41.0 Å². The van der Waals surface area contributed by atoms with Crippen LogP contribution in [0.4, 0.5) is 0 Å². The quantitative estimate of drug-likeness (QED) is 0.557. The van der Waals surface area contributed by atoms with E-state index in [2.05, 4.69) is 15.5 Å². The van der Waals surface area contributed by atoms with Crippen LogP contribution in [-0.2, 0) is 4.79 Å². The number of nitrogens with zero attached hydrogens (tertiary/aromatic N) is 2. The number of pyridine rings is 1. The Labute approximate surface area is 146 Å². The fourth-order valence-corrected chi connectivity index (χ4v) is 2.18. The predicted molar refractivity (Wildman–Crippen MR) is 97.3 cm³/mol. The van der Waals surface area contributed by atoms with Crippen LogP contribution in [0.2, 0.25) is 0 Å². The maximum absolute atomic E-state index is 11.7. The van der Waals surface area contributed by atoms with E-state index in [1.807, 2.05) is 54.6 Å². The minimum absolute atomic E-state index is 0.0988. The molecule has 5 nitrogen and oxygen atoms in total. The van der Waals surface area contributed by atoms with Crippen molar-refractivity contribution in [3.8, 4) is 16.9 Å². The van der Waals surface area contributed by atoms with Crippen molar-refractivity contribution in [1.29, 1.82) is 0 Å². The van der Waals surface area contributed by atoms with E-state index >= 15 is 0 Å². The smallest absolute Gasteiger partial charge is 0.277 e. The van der Waals surface area contributed by atoms with E-state index in [-0.39, 0.29) is 12.5 Å². The molecule has 1 heterocycles. The van der Waals surface area contributed by atoms with Gasteiger partial charge >= 0.3 is 0 Å². The van der Waals surface area contributed by atoms with Crippen molar-refractivity contribution >= 4 is 12.1 Å². The van der Waals surface area contributed by atoms with Gasteiger partial charge in [-0.1, -0.05) is 42.5 Å². The summed E-state index contributed by atoms with van der Waals surface area (Å²) < 4.78 is 5.47. The molecule has 2 aromatic carbocycles. The van der Waals surface area contributed by atoms with Gasteiger partial charge in [0.1, 0.15) is 5.75 Å². The van der Waals surface area contributed by atoms with Gasteiger partial charge in [0.2, 0.25) is 0 Å². The molecule has 0 saturated heterocycles. The third kappa shape index (κ3) is 5.00. The van der Waals surface area contributed by atoms with Crippen LogP contribution >= 0.6 is 0 Å². The average molecular weight is 331 g/mol. The molecule has 124 valence electrons. The van der Waals surface area contributed by atoms with Gasteiger partial charge in [0.05, 0.1) is 6.21 Å². The van der Waals surface area contributed by atoms with Crippen molar-refractivity contribution < 1.29 is 9.53 Å². The van der Waals surface area contributed by atoms with Gasteiger partial charge in [0.15, 0.2) is 6.61 Å². The zero-order valence-corrected chi connectivity index (χ0v) is 13.5. The molecule has 0 fully saturated rings. The van der Waals surface area contributed by atoms with E-state index in [1.165, 1.54) is 0 Å².